The van der Waals surface area contributed by atoms with Gasteiger partial charge in [-0.15, -0.1) is 0 Å². The summed E-state index contributed by atoms with van der Waals surface area (Å²) in [4.78, 5) is 11.0. The Morgan fingerprint density at radius 1 is 1.06 bits per heavy atom. The average Bonchev–Trinajstić information content (AvgIpc) is 2.12. The third-order valence-corrected chi connectivity index (χ3v) is 9.14. The van der Waals surface area contributed by atoms with Crippen molar-refractivity contribution in [3.8, 4) is 0 Å². The van der Waals surface area contributed by atoms with Crippen molar-refractivity contribution in [1.29, 1.82) is 0 Å². The number of carbonyl (C=O) groups is 1. The Labute approximate surface area is 111 Å². The highest BCUT2D eigenvalue weighted by Crippen LogP contribution is 2.21. The molecule has 0 aliphatic rings. The van der Waals surface area contributed by atoms with Crippen LogP contribution in [0.2, 0.25) is 38.8 Å². The second-order valence-electron chi connectivity index (χ2n) is 6.11. The van der Waals surface area contributed by atoms with Gasteiger partial charge >= 0.3 is 0 Å². The van der Waals surface area contributed by atoms with Crippen LogP contribution in [0.1, 0.15) is 25.7 Å². The Bertz CT molecular complexity index is 237. The summed E-state index contributed by atoms with van der Waals surface area (Å²) in [7, 11) is -2.34. The SMILES string of the molecule is C[Si](C)(C)O[Si](C)(C)CCCCCC(=O)O[SiH3]. The first-order valence-corrected chi connectivity index (χ1v) is 13.8. The summed E-state index contributed by atoms with van der Waals surface area (Å²) in [6.07, 6.45) is 3.83. The van der Waals surface area contributed by atoms with Gasteiger partial charge in [-0.25, -0.2) is 0 Å². The maximum atomic E-state index is 11.0. The minimum atomic E-state index is -1.47. The topological polar surface area (TPSA) is 35.5 Å². The molecule has 0 bridgehead atoms. The molecule has 0 spiro atoms. The number of rotatable bonds is 8. The summed E-state index contributed by atoms with van der Waals surface area (Å²) in [5.41, 5.74) is 0. The molecule has 0 rings (SSSR count). The Morgan fingerprint density at radius 3 is 2.12 bits per heavy atom. The highest BCUT2D eigenvalue weighted by atomic mass is 28.4. The van der Waals surface area contributed by atoms with Crippen LogP contribution >= 0.6 is 0 Å². The lowest BCUT2D eigenvalue weighted by Gasteiger charge is -2.31. The quantitative estimate of drug-likeness (QED) is 0.509. The van der Waals surface area contributed by atoms with Gasteiger partial charge in [-0.3, -0.25) is 4.79 Å². The van der Waals surface area contributed by atoms with E-state index in [4.69, 9.17) is 8.54 Å². The second kappa shape index (κ2) is 7.50. The summed E-state index contributed by atoms with van der Waals surface area (Å²) < 4.78 is 11.0. The van der Waals surface area contributed by atoms with Crippen LogP contribution in [0.25, 0.3) is 0 Å². The zero-order valence-electron chi connectivity index (χ0n) is 12.3. The van der Waals surface area contributed by atoms with E-state index < -0.39 is 16.6 Å². The van der Waals surface area contributed by atoms with Crippen molar-refractivity contribution < 1.29 is 13.3 Å². The first kappa shape index (κ1) is 17.1. The molecule has 0 saturated heterocycles. The molecule has 3 nitrogen and oxygen atoms in total. The maximum absolute atomic E-state index is 11.0. The normalized spacial score (nSPS) is 12.8. The zero-order chi connectivity index (χ0) is 13.5. The third kappa shape index (κ3) is 10.9. The van der Waals surface area contributed by atoms with Gasteiger partial charge in [-0.2, -0.15) is 0 Å². The van der Waals surface area contributed by atoms with E-state index in [1.165, 1.54) is 12.5 Å². The number of hydrogen-bond donors (Lipinski definition) is 0. The highest BCUT2D eigenvalue weighted by molar-refractivity contribution is 6.84. The number of hydrogen-bond acceptors (Lipinski definition) is 3. The van der Waals surface area contributed by atoms with Gasteiger partial charge < -0.3 is 8.54 Å². The largest absolute Gasteiger partial charge is 0.529 e. The van der Waals surface area contributed by atoms with Crippen LogP contribution in [0, 0.1) is 0 Å². The Hall–Kier alpha value is 0.0806. The van der Waals surface area contributed by atoms with Crippen molar-refractivity contribution >= 4 is 33.1 Å². The highest BCUT2D eigenvalue weighted by Gasteiger charge is 2.28. The lowest BCUT2D eigenvalue weighted by Crippen LogP contribution is -2.42. The van der Waals surface area contributed by atoms with Crippen LogP contribution in [0.3, 0.4) is 0 Å². The fourth-order valence-electron chi connectivity index (χ4n) is 1.98. The van der Waals surface area contributed by atoms with Gasteiger partial charge in [-0.1, -0.05) is 12.8 Å². The minimum absolute atomic E-state index is 0.0356. The summed E-state index contributed by atoms with van der Waals surface area (Å²) in [5.74, 6) is -0.0356. The van der Waals surface area contributed by atoms with E-state index in [1.54, 1.807) is 0 Å². The molecule has 0 N–H and O–H groups in total. The molecule has 0 aromatic heterocycles. The average molecular weight is 293 g/mol. The van der Waals surface area contributed by atoms with E-state index in [9.17, 15) is 4.79 Å². The second-order valence-corrected chi connectivity index (χ2v) is 15.6. The molecular formula is C11H28O3Si3. The summed E-state index contributed by atoms with van der Waals surface area (Å²) in [6.45, 7) is 11.4. The number of carbonyl (C=O) groups excluding carboxylic acids is 1. The van der Waals surface area contributed by atoms with E-state index in [2.05, 4.69) is 32.7 Å². The molecule has 0 atom stereocenters. The predicted octanol–water partition coefficient (Wildman–Crippen LogP) is 2.43. The Kier molecular flexibility index (Phi) is 7.54. The molecule has 0 unspecified atom stereocenters. The zero-order valence-corrected chi connectivity index (χ0v) is 16.3. The van der Waals surface area contributed by atoms with Crippen LogP contribution in [-0.2, 0) is 13.3 Å². The fourth-order valence-corrected chi connectivity index (χ4v) is 10.3. The molecule has 6 heteroatoms. The van der Waals surface area contributed by atoms with Crippen molar-refractivity contribution in [2.45, 2.75) is 64.5 Å². The molecule has 0 aromatic rings. The predicted molar refractivity (Wildman–Crippen MR) is 81.2 cm³/mol. The molecule has 0 amide bonds. The van der Waals surface area contributed by atoms with Crippen LogP contribution in [0.15, 0.2) is 0 Å². The summed E-state index contributed by atoms with van der Waals surface area (Å²) >= 11 is 0. The lowest BCUT2D eigenvalue weighted by molar-refractivity contribution is -0.134. The van der Waals surface area contributed by atoms with Crippen molar-refractivity contribution in [2.75, 3.05) is 0 Å². The number of unbranched alkanes of at least 4 members (excludes halogenated alkanes) is 2. The molecule has 0 saturated carbocycles. The minimum Gasteiger partial charge on any atom is -0.529 e. The van der Waals surface area contributed by atoms with E-state index >= 15 is 0 Å². The van der Waals surface area contributed by atoms with Gasteiger partial charge in [0.05, 0.1) is 0 Å². The lowest BCUT2D eigenvalue weighted by atomic mass is 10.2. The molecule has 0 radical (unpaired) electrons. The van der Waals surface area contributed by atoms with Crippen LogP contribution in [0.5, 0.6) is 0 Å². The Morgan fingerprint density at radius 2 is 1.65 bits per heavy atom. The maximum Gasteiger partial charge on any atom is 0.291 e. The van der Waals surface area contributed by atoms with Crippen LogP contribution in [-0.4, -0.2) is 33.1 Å². The van der Waals surface area contributed by atoms with Gasteiger partial charge in [0.15, 0.2) is 16.6 Å². The van der Waals surface area contributed by atoms with E-state index in [-0.39, 0.29) is 5.97 Å². The van der Waals surface area contributed by atoms with E-state index in [0.29, 0.717) is 16.9 Å². The Balaban J connectivity index is 3.69. The molecule has 0 heterocycles. The van der Waals surface area contributed by atoms with Gasteiger partial charge in [0.2, 0.25) is 10.5 Å². The first-order valence-electron chi connectivity index (χ1n) is 6.43. The van der Waals surface area contributed by atoms with Crippen molar-refractivity contribution in [3.63, 3.8) is 0 Å². The van der Waals surface area contributed by atoms with Gasteiger partial charge in [0, 0.05) is 6.42 Å². The summed E-state index contributed by atoms with van der Waals surface area (Å²) in [6, 6.07) is 1.20. The molecule has 0 aliphatic heterocycles. The molecule has 17 heavy (non-hydrogen) atoms. The molecule has 0 aromatic carbocycles. The summed E-state index contributed by atoms with van der Waals surface area (Å²) in [5, 5.41) is 0. The van der Waals surface area contributed by atoms with Crippen molar-refractivity contribution in [1.82, 2.24) is 0 Å². The van der Waals surface area contributed by atoms with Crippen molar-refractivity contribution in [2.24, 2.45) is 0 Å². The molecular weight excluding hydrogens is 264 g/mol. The monoisotopic (exact) mass is 292 g/mol. The molecule has 102 valence electrons. The molecule has 0 fully saturated rings. The van der Waals surface area contributed by atoms with Crippen molar-refractivity contribution in [3.05, 3.63) is 0 Å². The first-order chi connectivity index (χ1) is 7.66. The third-order valence-electron chi connectivity index (χ3n) is 2.47. The smallest absolute Gasteiger partial charge is 0.291 e. The fraction of sp³-hybridized carbons (Fsp3) is 0.909. The van der Waals surface area contributed by atoms with Crippen LogP contribution < -0.4 is 0 Å². The van der Waals surface area contributed by atoms with Crippen LogP contribution in [0.4, 0.5) is 0 Å². The van der Waals surface area contributed by atoms with Gasteiger partial charge in [0.25, 0.3) is 5.97 Å². The molecule has 0 aliphatic carbocycles. The standard InChI is InChI=1S/C11H28O3Si3/c1-16(2,3)14-17(4,5)10-8-6-7-9-11(12)13-15/h6-10H2,1-5,15H3. The van der Waals surface area contributed by atoms with Gasteiger partial charge in [-0.05, 0) is 45.2 Å². The van der Waals surface area contributed by atoms with Gasteiger partial charge in [0.1, 0.15) is 0 Å². The van der Waals surface area contributed by atoms with E-state index in [0.717, 1.165) is 12.8 Å². The van der Waals surface area contributed by atoms with E-state index in [1.807, 2.05) is 0 Å².